The summed E-state index contributed by atoms with van der Waals surface area (Å²) in [7, 11) is 0. The molecule has 1 aromatic rings. The van der Waals surface area contributed by atoms with Crippen molar-refractivity contribution in [1.82, 2.24) is 10.1 Å². The smallest absolute Gasteiger partial charge is 0.330 e. The van der Waals surface area contributed by atoms with Crippen LogP contribution in [0.3, 0.4) is 0 Å². The molecule has 1 unspecified atom stereocenters. The Hall–Kier alpha value is -1.10. The topological polar surface area (TPSA) is 84.9 Å². The van der Waals surface area contributed by atoms with Crippen LogP contribution in [0.2, 0.25) is 0 Å². The molecule has 3 N–H and O–H groups in total. The third kappa shape index (κ3) is 3.20. The van der Waals surface area contributed by atoms with E-state index in [9.17, 15) is 4.79 Å². The van der Waals surface area contributed by atoms with Crippen LogP contribution in [0.4, 0.5) is 0 Å². The molecule has 0 spiro atoms. The Balaban J connectivity index is 2.77. The fourth-order valence-corrected chi connectivity index (χ4v) is 1.52. The molecule has 0 aromatic carbocycles. The first-order chi connectivity index (χ1) is 6.98. The van der Waals surface area contributed by atoms with E-state index in [4.69, 9.17) is 5.73 Å². The lowest BCUT2D eigenvalue weighted by Crippen LogP contribution is -2.22. The van der Waals surface area contributed by atoms with Gasteiger partial charge in [0.15, 0.2) is 5.82 Å². The molecule has 0 saturated carbocycles. The normalized spacial score (nSPS) is 14.1. The summed E-state index contributed by atoms with van der Waals surface area (Å²) in [4.78, 5) is 13.4. The number of hydrogen-bond donors (Lipinski definition) is 2. The molecule has 5 nitrogen and oxygen atoms in total. The molecule has 0 saturated heterocycles. The van der Waals surface area contributed by atoms with Crippen LogP contribution in [-0.4, -0.2) is 16.7 Å². The summed E-state index contributed by atoms with van der Waals surface area (Å²) in [5.41, 5.74) is 5.87. The molecule has 86 valence electrons. The SMILES string of the molecule is CCC(C)(C)CC(CN)c1noc(=O)[nH]1. The Bertz CT molecular complexity index is 354. The minimum absolute atomic E-state index is 0.0615. The van der Waals surface area contributed by atoms with Gasteiger partial charge in [0.2, 0.25) is 0 Å². The fourth-order valence-electron chi connectivity index (χ4n) is 1.52. The Labute approximate surface area is 89.0 Å². The van der Waals surface area contributed by atoms with E-state index in [2.05, 4.69) is 35.4 Å². The number of aromatic nitrogens is 2. The highest BCUT2D eigenvalue weighted by Crippen LogP contribution is 2.31. The van der Waals surface area contributed by atoms with Crippen LogP contribution >= 0.6 is 0 Å². The van der Waals surface area contributed by atoms with Gasteiger partial charge in [0.1, 0.15) is 0 Å². The Kier molecular flexibility index (Phi) is 3.68. The van der Waals surface area contributed by atoms with Crippen molar-refractivity contribution in [2.45, 2.75) is 39.5 Å². The largest absolute Gasteiger partial charge is 0.438 e. The van der Waals surface area contributed by atoms with Gasteiger partial charge in [0.25, 0.3) is 0 Å². The third-order valence-corrected chi connectivity index (χ3v) is 2.88. The van der Waals surface area contributed by atoms with E-state index in [0.717, 1.165) is 12.8 Å². The standard InChI is InChI=1S/C10H19N3O2/c1-4-10(2,3)5-7(6-11)8-12-9(14)15-13-8/h7H,4-6,11H2,1-3H3,(H,12,13,14). The minimum atomic E-state index is -0.516. The van der Waals surface area contributed by atoms with Crippen LogP contribution in [-0.2, 0) is 0 Å². The predicted octanol–water partition coefficient (Wildman–Crippen LogP) is 1.23. The van der Waals surface area contributed by atoms with Gasteiger partial charge in [-0.05, 0) is 11.8 Å². The lowest BCUT2D eigenvalue weighted by Gasteiger charge is -2.26. The number of nitrogens with two attached hydrogens (primary N) is 1. The van der Waals surface area contributed by atoms with Crippen molar-refractivity contribution in [2.24, 2.45) is 11.1 Å². The third-order valence-electron chi connectivity index (χ3n) is 2.88. The molecule has 0 aliphatic rings. The maximum atomic E-state index is 10.8. The van der Waals surface area contributed by atoms with Crippen LogP contribution in [0.25, 0.3) is 0 Å². The summed E-state index contributed by atoms with van der Waals surface area (Å²) in [6, 6.07) is 0. The highest BCUT2D eigenvalue weighted by Gasteiger charge is 2.24. The van der Waals surface area contributed by atoms with Gasteiger partial charge < -0.3 is 5.73 Å². The van der Waals surface area contributed by atoms with E-state index >= 15 is 0 Å². The van der Waals surface area contributed by atoms with Gasteiger partial charge in [0.05, 0.1) is 0 Å². The number of nitrogens with zero attached hydrogens (tertiary/aromatic N) is 1. The molecule has 1 atom stereocenters. The van der Waals surface area contributed by atoms with Crippen LogP contribution in [0.15, 0.2) is 9.32 Å². The van der Waals surface area contributed by atoms with Crippen molar-refractivity contribution in [3.8, 4) is 0 Å². The molecular weight excluding hydrogens is 194 g/mol. The lowest BCUT2D eigenvalue weighted by atomic mass is 9.80. The second kappa shape index (κ2) is 4.61. The highest BCUT2D eigenvalue weighted by molar-refractivity contribution is 4.95. The number of aromatic amines is 1. The van der Waals surface area contributed by atoms with Crippen LogP contribution in [0, 0.1) is 5.41 Å². The minimum Gasteiger partial charge on any atom is -0.330 e. The first-order valence-electron chi connectivity index (χ1n) is 5.24. The monoisotopic (exact) mass is 213 g/mol. The van der Waals surface area contributed by atoms with E-state index in [0.29, 0.717) is 12.4 Å². The van der Waals surface area contributed by atoms with E-state index in [1.807, 2.05) is 0 Å². The summed E-state index contributed by atoms with van der Waals surface area (Å²) in [5.74, 6) is 0.105. The molecule has 0 amide bonds. The maximum absolute atomic E-state index is 10.8. The molecule has 0 aliphatic heterocycles. The average Bonchev–Trinajstić information content (AvgIpc) is 2.61. The Morgan fingerprint density at radius 1 is 1.60 bits per heavy atom. The zero-order valence-corrected chi connectivity index (χ0v) is 9.54. The highest BCUT2D eigenvalue weighted by atomic mass is 16.5. The van der Waals surface area contributed by atoms with Crippen LogP contribution in [0.5, 0.6) is 0 Å². The molecule has 15 heavy (non-hydrogen) atoms. The molecule has 0 fully saturated rings. The van der Waals surface area contributed by atoms with Gasteiger partial charge in [-0.3, -0.25) is 9.51 Å². The zero-order chi connectivity index (χ0) is 11.5. The van der Waals surface area contributed by atoms with Gasteiger partial charge >= 0.3 is 5.76 Å². The molecule has 0 radical (unpaired) electrons. The summed E-state index contributed by atoms with van der Waals surface area (Å²) < 4.78 is 4.48. The van der Waals surface area contributed by atoms with E-state index in [-0.39, 0.29) is 11.3 Å². The van der Waals surface area contributed by atoms with Gasteiger partial charge in [0, 0.05) is 12.5 Å². The molecule has 1 rings (SSSR count). The van der Waals surface area contributed by atoms with Crippen LogP contribution < -0.4 is 11.5 Å². The van der Waals surface area contributed by atoms with Gasteiger partial charge in [-0.15, -0.1) is 0 Å². The molecule has 0 bridgehead atoms. The predicted molar refractivity (Wildman–Crippen MR) is 57.6 cm³/mol. The second-order valence-electron chi connectivity index (χ2n) is 4.63. The summed E-state index contributed by atoms with van der Waals surface area (Å²) in [6.45, 7) is 6.95. The zero-order valence-electron chi connectivity index (χ0n) is 9.54. The first kappa shape index (κ1) is 12.0. The molecule has 1 heterocycles. The summed E-state index contributed by atoms with van der Waals surface area (Å²) in [5, 5.41) is 3.68. The molecular formula is C10H19N3O2. The van der Waals surface area contributed by atoms with Gasteiger partial charge in [-0.2, -0.15) is 0 Å². The number of hydrogen-bond acceptors (Lipinski definition) is 4. The number of H-pyrrole nitrogens is 1. The van der Waals surface area contributed by atoms with E-state index in [1.54, 1.807) is 0 Å². The van der Waals surface area contributed by atoms with Crippen molar-refractivity contribution >= 4 is 0 Å². The van der Waals surface area contributed by atoms with Crippen molar-refractivity contribution in [1.29, 1.82) is 0 Å². The Morgan fingerprint density at radius 2 is 2.27 bits per heavy atom. The van der Waals surface area contributed by atoms with E-state index < -0.39 is 5.76 Å². The second-order valence-corrected chi connectivity index (χ2v) is 4.63. The van der Waals surface area contributed by atoms with Crippen molar-refractivity contribution < 1.29 is 4.52 Å². The fraction of sp³-hybridized carbons (Fsp3) is 0.800. The van der Waals surface area contributed by atoms with Gasteiger partial charge in [-0.1, -0.05) is 32.3 Å². The average molecular weight is 213 g/mol. The number of rotatable bonds is 5. The maximum Gasteiger partial charge on any atom is 0.438 e. The van der Waals surface area contributed by atoms with Crippen LogP contribution in [0.1, 0.15) is 45.4 Å². The van der Waals surface area contributed by atoms with Crippen molar-refractivity contribution in [3.63, 3.8) is 0 Å². The molecule has 0 aliphatic carbocycles. The molecule has 1 aromatic heterocycles. The molecule has 5 heteroatoms. The summed E-state index contributed by atoms with van der Waals surface area (Å²) >= 11 is 0. The lowest BCUT2D eigenvalue weighted by molar-refractivity contribution is 0.285. The van der Waals surface area contributed by atoms with Crippen molar-refractivity contribution in [3.05, 3.63) is 16.4 Å². The first-order valence-corrected chi connectivity index (χ1v) is 5.24. The Morgan fingerprint density at radius 3 is 2.67 bits per heavy atom. The number of nitrogens with one attached hydrogen (secondary N) is 1. The summed E-state index contributed by atoms with van der Waals surface area (Å²) in [6.07, 6.45) is 1.95. The van der Waals surface area contributed by atoms with E-state index in [1.165, 1.54) is 0 Å². The van der Waals surface area contributed by atoms with Crippen molar-refractivity contribution in [2.75, 3.05) is 6.54 Å². The van der Waals surface area contributed by atoms with Gasteiger partial charge in [-0.25, -0.2) is 4.79 Å². The quantitative estimate of drug-likeness (QED) is 0.770.